The molecule has 94 valence electrons. The van der Waals surface area contributed by atoms with Crippen molar-refractivity contribution in [2.45, 2.75) is 6.61 Å². The first kappa shape index (κ1) is 11.8. The Morgan fingerprint density at radius 3 is 2.68 bits per heavy atom. The van der Waals surface area contributed by atoms with Gasteiger partial charge in [0, 0.05) is 5.39 Å². The second-order valence-corrected chi connectivity index (χ2v) is 4.42. The summed E-state index contributed by atoms with van der Waals surface area (Å²) in [6, 6.07) is 17.8. The van der Waals surface area contributed by atoms with Crippen LogP contribution in [0.2, 0.25) is 0 Å². The fraction of sp³-hybridized carbons (Fsp3) is 0.0588. The molecule has 0 saturated heterocycles. The van der Waals surface area contributed by atoms with Crippen LogP contribution in [0.1, 0.15) is 16.9 Å². The minimum Gasteiger partial charge on any atom is -0.457 e. The number of hydrogen-bond acceptors (Lipinski definition) is 2. The summed E-state index contributed by atoms with van der Waals surface area (Å²) in [6.07, 6.45) is 3.92. The van der Waals surface area contributed by atoms with Gasteiger partial charge < -0.3 is 9.52 Å². The Balaban J connectivity index is 1.88. The van der Waals surface area contributed by atoms with E-state index < -0.39 is 0 Å². The molecule has 0 spiro atoms. The summed E-state index contributed by atoms with van der Waals surface area (Å²) >= 11 is 0. The lowest BCUT2D eigenvalue weighted by atomic mass is 10.1. The van der Waals surface area contributed by atoms with Crippen molar-refractivity contribution in [2.75, 3.05) is 0 Å². The lowest BCUT2D eigenvalue weighted by Gasteiger charge is -1.97. The standard InChI is InChI=1S/C17H14O2/c18-12-14-5-3-4-13(10-14)8-9-16-11-15-6-1-2-7-17(15)19-16/h1-11,18H,12H2. The predicted molar refractivity (Wildman–Crippen MR) is 77.5 cm³/mol. The van der Waals surface area contributed by atoms with Crippen LogP contribution in [0.5, 0.6) is 0 Å². The molecule has 3 aromatic rings. The number of hydrogen-bond donors (Lipinski definition) is 1. The second-order valence-electron chi connectivity index (χ2n) is 4.42. The molecule has 0 radical (unpaired) electrons. The van der Waals surface area contributed by atoms with Crippen LogP contribution in [0, 0.1) is 0 Å². The minimum atomic E-state index is 0.0618. The number of aliphatic hydroxyl groups excluding tert-OH is 1. The van der Waals surface area contributed by atoms with Gasteiger partial charge in [-0.2, -0.15) is 0 Å². The van der Waals surface area contributed by atoms with E-state index in [0.29, 0.717) is 0 Å². The number of fused-ring (bicyclic) bond motifs is 1. The Labute approximate surface area is 111 Å². The van der Waals surface area contributed by atoms with Gasteiger partial charge >= 0.3 is 0 Å². The predicted octanol–water partition coefficient (Wildman–Crippen LogP) is 4.10. The van der Waals surface area contributed by atoms with Crippen molar-refractivity contribution >= 4 is 23.1 Å². The molecule has 19 heavy (non-hydrogen) atoms. The Kier molecular flexibility index (Phi) is 3.17. The van der Waals surface area contributed by atoms with Crippen LogP contribution in [0.15, 0.2) is 59.0 Å². The van der Waals surface area contributed by atoms with Gasteiger partial charge in [0.15, 0.2) is 0 Å². The van der Waals surface area contributed by atoms with Gasteiger partial charge in [-0.15, -0.1) is 0 Å². The zero-order chi connectivity index (χ0) is 13.1. The van der Waals surface area contributed by atoms with E-state index in [-0.39, 0.29) is 6.61 Å². The van der Waals surface area contributed by atoms with E-state index in [1.165, 1.54) is 0 Å². The summed E-state index contributed by atoms with van der Waals surface area (Å²) in [6.45, 7) is 0.0618. The van der Waals surface area contributed by atoms with Crippen molar-refractivity contribution in [3.63, 3.8) is 0 Å². The molecule has 0 fully saturated rings. The van der Waals surface area contributed by atoms with Gasteiger partial charge in [-0.05, 0) is 35.4 Å². The number of para-hydroxylation sites is 1. The first-order chi connectivity index (χ1) is 9.35. The number of benzene rings is 2. The van der Waals surface area contributed by atoms with Crippen molar-refractivity contribution < 1.29 is 9.52 Å². The Morgan fingerprint density at radius 1 is 0.947 bits per heavy atom. The lowest BCUT2D eigenvalue weighted by Crippen LogP contribution is -1.82. The smallest absolute Gasteiger partial charge is 0.134 e. The molecule has 0 aliphatic rings. The van der Waals surface area contributed by atoms with E-state index in [1.54, 1.807) is 0 Å². The highest BCUT2D eigenvalue weighted by Crippen LogP contribution is 2.20. The fourth-order valence-corrected chi connectivity index (χ4v) is 2.06. The van der Waals surface area contributed by atoms with Crippen LogP contribution in [0.3, 0.4) is 0 Å². The third-order valence-electron chi connectivity index (χ3n) is 3.02. The fourth-order valence-electron chi connectivity index (χ4n) is 2.06. The van der Waals surface area contributed by atoms with Crippen molar-refractivity contribution in [1.29, 1.82) is 0 Å². The van der Waals surface area contributed by atoms with Gasteiger partial charge in [0.25, 0.3) is 0 Å². The maximum absolute atomic E-state index is 9.10. The van der Waals surface area contributed by atoms with Crippen LogP contribution >= 0.6 is 0 Å². The van der Waals surface area contributed by atoms with Crippen molar-refractivity contribution in [3.05, 3.63) is 71.5 Å². The summed E-state index contributed by atoms with van der Waals surface area (Å²) in [5, 5.41) is 10.2. The molecule has 0 unspecified atom stereocenters. The largest absolute Gasteiger partial charge is 0.457 e. The molecule has 1 aromatic heterocycles. The number of aliphatic hydroxyl groups is 1. The average Bonchev–Trinajstić information content (AvgIpc) is 2.88. The van der Waals surface area contributed by atoms with Crippen LogP contribution in [0.25, 0.3) is 23.1 Å². The Bertz CT molecular complexity index is 690. The minimum absolute atomic E-state index is 0.0618. The Hall–Kier alpha value is -2.32. The normalized spacial score (nSPS) is 11.4. The highest BCUT2D eigenvalue weighted by atomic mass is 16.3. The molecular formula is C17H14O2. The summed E-state index contributed by atoms with van der Waals surface area (Å²) in [4.78, 5) is 0. The average molecular weight is 250 g/mol. The molecule has 0 aliphatic heterocycles. The highest BCUT2D eigenvalue weighted by Gasteiger charge is 1.99. The van der Waals surface area contributed by atoms with Gasteiger partial charge in [-0.3, -0.25) is 0 Å². The molecule has 1 heterocycles. The van der Waals surface area contributed by atoms with Crippen molar-refractivity contribution in [3.8, 4) is 0 Å². The van der Waals surface area contributed by atoms with Crippen LogP contribution < -0.4 is 0 Å². The van der Waals surface area contributed by atoms with Crippen LogP contribution in [-0.4, -0.2) is 5.11 Å². The third kappa shape index (κ3) is 2.59. The quantitative estimate of drug-likeness (QED) is 0.759. The second kappa shape index (κ2) is 5.12. The maximum Gasteiger partial charge on any atom is 0.134 e. The van der Waals surface area contributed by atoms with Crippen LogP contribution in [0.4, 0.5) is 0 Å². The molecule has 2 heteroatoms. The maximum atomic E-state index is 9.10. The zero-order valence-electron chi connectivity index (χ0n) is 10.4. The topological polar surface area (TPSA) is 33.4 Å². The molecule has 2 aromatic carbocycles. The van der Waals surface area contributed by atoms with Gasteiger partial charge in [0.2, 0.25) is 0 Å². The molecule has 0 bridgehead atoms. The molecule has 0 aliphatic carbocycles. The van der Waals surface area contributed by atoms with Crippen molar-refractivity contribution in [1.82, 2.24) is 0 Å². The van der Waals surface area contributed by atoms with E-state index in [0.717, 1.165) is 27.9 Å². The Morgan fingerprint density at radius 2 is 1.84 bits per heavy atom. The molecular weight excluding hydrogens is 236 g/mol. The van der Waals surface area contributed by atoms with E-state index in [1.807, 2.05) is 66.7 Å². The number of furan rings is 1. The summed E-state index contributed by atoms with van der Waals surface area (Å²) in [5.74, 6) is 0.829. The molecule has 1 N–H and O–H groups in total. The molecule has 3 rings (SSSR count). The van der Waals surface area contributed by atoms with Crippen LogP contribution in [-0.2, 0) is 6.61 Å². The zero-order valence-corrected chi connectivity index (χ0v) is 10.4. The lowest BCUT2D eigenvalue weighted by molar-refractivity contribution is 0.282. The van der Waals surface area contributed by atoms with E-state index >= 15 is 0 Å². The van der Waals surface area contributed by atoms with Gasteiger partial charge in [0.1, 0.15) is 11.3 Å². The van der Waals surface area contributed by atoms with Gasteiger partial charge in [0.05, 0.1) is 6.61 Å². The van der Waals surface area contributed by atoms with E-state index in [2.05, 4.69) is 0 Å². The van der Waals surface area contributed by atoms with Gasteiger partial charge in [-0.1, -0.05) is 42.5 Å². The SMILES string of the molecule is OCc1cccc(C=Cc2cc3ccccc3o2)c1. The highest BCUT2D eigenvalue weighted by molar-refractivity contribution is 5.81. The van der Waals surface area contributed by atoms with Gasteiger partial charge in [-0.25, -0.2) is 0 Å². The first-order valence-electron chi connectivity index (χ1n) is 6.21. The van der Waals surface area contributed by atoms with Crippen molar-refractivity contribution in [2.24, 2.45) is 0 Å². The van der Waals surface area contributed by atoms with E-state index in [9.17, 15) is 0 Å². The molecule has 0 atom stereocenters. The summed E-state index contributed by atoms with van der Waals surface area (Å²) in [5.41, 5.74) is 2.85. The van der Waals surface area contributed by atoms with E-state index in [4.69, 9.17) is 9.52 Å². The molecule has 0 saturated carbocycles. The number of rotatable bonds is 3. The molecule has 2 nitrogen and oxygen atoms in total. The summed E-state index contributed by atoms with van der Waals surface area (Å²) < 4.78 is 5.71. The monoisotopic (exact) mass is 250 g/mol. The first-order valence-corrected chi connectivity index (χ1v) is 6.21. The summed E-state index contributed by atoms with van der Waals surface area (Å²) in [7, 11) is 0. The molecule has 0 amide bonds. The third-order valence-corrected chi connectivity index (χ3v) is 3.02.